The molecule has 0 bridgehead atoms. The third-order valence-corrected chi connectivity index (χ3v) is 5.37. The average Bonchev–Trinajstić information content (AvgIpc) is 2.74. The van der Waals surface area contributed by atoms with Gasteiger partial charge in [-0.25, -0.2) is 9.37 Å². The van der Waals surface area contributed by atoms with E-state index in [1.54, 1.807) is 18.2 Å². The lowest BCUT2D eigenvalue weighted by Crippen LogP contribution is -2.37. The maximum atomic E-state index is 13.5. The van der Waals surface area contributed by atoms with E-state index in [0.717, 1.165) is 60.4 Å². The Bertz CT molecular complexity index is 1050. The summed E-state index contributed by atoms with van der Waals surface area (Å²) < 4.78 is 19.0. The minimum atomic E-state index is -0.291. The predicted molar refractivity (Wildman–Crippen MR) is 115 cm³/mol. The molecule has 2 aromatic carbocycles. The van der Waals surface area contributed by atoms with Crippen molar-refractivity contribution < 1.29 is 9.13 Å². The Balaban J connectivity index is 1.86. The molecule has 1 aromatic heterocycles. The number of aromatic nitrogens is 1. The monoisotopic (exact) mass is 393 g/mol. The lowest BCUT2D eigenvalue weighted by atomic mass is 9.93. The zero-order chi connectivity index (χ0) is 20.4. The lowest BCUT2D eigenvalue weighted by molar-refractivity contribution is 0.0383. The number of nitrogens with one attached hydrogen (secondary N) is 1. The second kappa shape index (κ2) is 8.14. The molecule has 0 unspecified atom stereocenters. The van der Waals surface area contributed by atoms with Gasteiger partial charge in [-0.1, -0.05) is 12.1 Å². The van der Waals surface area contributed by atoms with Gasteiger partial charge in [0.15, 0.2) is 0 Å². The van der Waals surface area contributed by atoms with Crippen molar-refractivity contribution in [3.05, 3.63) is 53.5 Å². The highest BCUT2D eigenvalue weighted by Crippen LogP contribution is 2.36. The molecule has 3 aromatic rings. The summed E-state index contributed by atoms with van der Waals surface area (Å²) in [5.41, 5.74) is 16.1. The highest BCUT2D eigenvalue weighted by molar-refractivity contribution is 6.07. The summed E-state index contributed by atoms with van der Waals surface area (Å²) in [6.07, 6.45) is 1.93. The summed E-state index contributed by atoms with van der Waals surface area (Å²) in [5, 5.41) is 9.27. The largest absolute Gasteiger partial charge is 0.398 e. The van der Waals surface area contributed by atoms with Crippen molar-refractivity contribution in [2.24, 2.45) is 0 Å². The molecule has 0 spiro atoms. The molecule has 0 atom stereocenters. The van der Waals surface area contributed by atoms with Crippen molar-refractivity contribution in [3.8, 4) is 11.1 Å². The van der Waals surface area contributed by atoms with Crippen LogP contribution in [0.2, 0.25) is 0 Å². The molecule has 0 aliphatic carbocycles. The van der Waals surface area contributed by atoms with Gasteiger partial charge in [0.1, 0.15) is 11.6 Å². The van der Waals surface area contributed by atoms with Crippen molar-refractivity contribution >= 4 is 28.5 Å². The number of ether oxygens (including phenoxy) is 1. The molecule has 7 heteroatoms. The van der Waals surface area contributed by atoms with Gasteiger partial charge in [-0.2, -0.15) is 0 Å². The number of hydrogen-bond donors (Lipinski definition) is 3. The topological polar surface area (TPSA) is 101 Å². The van der Waals surface area contributed by atoms with Gasteiger partial charge in [0.05, 0.1) is 18.9 Å². The minimum Gasteiger partial charge on any atom is -0.398 e. The second-order valence-electron chi connectivity index (χ2n) is 7.20. The smallest absolute Gasteiger partial charge is 0.131 e. The molecule has 2 heterocycles. The SMILES string of the molecule is N=Cc1cc2c(-c3ccc(F)cc3)c(CCN3CCOCC3)nc(N)c2cc1N. The van der Waals surface area contributed by atoms with Crippen molar-refractivity contribution in [1.82, 2.24) is 9.88 Å². The molecule has 29 heavy (non-hydrogen) atoms. The number of hydrogen-bond acceptors (Lipinski definition) is 6. The van der Waals surface area contributed by atoms with Gasteiger partial charge in [0.2, 0.25) is 0 Å². The van der Waals surface area contributed by atoms with Crippen LogP contribution >= 0.6 is 0 Å². The van der Waals surface area contributed by atoms with E-state index in [9.17, 15) is 4.39 Å². The molecule has 0 saturated carbocycles. The first kappa shape index (κ1) is 19.3. The molecule has 1 saturated heterocycles. The van der Waals surface area contributed by atoms with Crippen LogP contribution in [0.1, 0.15) is 11.3 Å². The fourth-order valence-electron chi connectivity index (χ4n) is 3.80. The van der Waals surface area contributed by atoms with Gasteiger partial charge >= 0.3 is 0 Å². The summed E-state index contributed by atoms with van der Waals surface area (Å²) >= 11 is 0. The van der Waals surface area contributed by atoms with Crippen LogP contribution in [0.3, 0.4) is 0 Å². The highest BCUT2D eigenvalue weighted by atomic mass is 19.1. The molecule has 6 nitrogen and oxygen atoms in total. The van der Waals surface area contributed by atoms with E-state index in [1.165, 1.54) is 18.3 Å². The molecule has 0 amide bonds. The molecular formula is C22H24FN5O. The zero-order valence-corrected chi connectivity index (χ0v) is 16.1. The molecule has 150 valence electrons. The Morgan fingerprint density at radius 1 is 1.10 bits per heavy atom. The number of morpholine rings is 1. The number of anilines is 2. The van der Waals surface area contributed by atoms with Crippen molar-refractivity contribution in [3.63, 3.8) is 0 Å². The zero-order valence-electron chi connectivity index (χ0n) is 16.1. The average molecular weight is 393 g/mol. The van der Waals surface area contributed by atoms with E-state index in [-0.39, 0.29) is 5.82 Å². The molecule has 5 N–H and O–H groups in total. The summed E-state index contributed by atoms with van der Waals surface area (Å²) in [7, 11) is 0. The van der Waals surface area contributed by atoms with Crippen LogP contribution in [0.25, 0.3) is 21.9 Å². The fourth-order valence-corrected chi connectivity index (χ4v) is 3.80. The first-order chi connectivity index (χ1) is 14.1. The number of halogens is 1. The van der Waals surface area contributed by atoms with Crippen LogP contribution < -0.4 is 11.5 Å². The van der Waals surface area contributed by atoms with Crippen molar-refractivity contribution in [2.75, 3.05) is 44.3 Å². The van der Waals surface area contributed by atoms with Gasteiger partial charge in [-0.15, -0.1) is 0 Å². The quantitative estimate of drug-likeness (QED) is 0.457. The van der Waals surface area contributed by atoms with E-state index < -0.39 is 0 Å². The van der Waals surface area contributed by atoms with Gasteiger partial charge in [0.25, 0.3) is 0 Å². The van der Waals surface area contributed by atoms with Crippen molar-refractivity contribution in [2.45, 2.75) is 6.42 Å². The fraction of sp³-hybridized carbons (Fsp3) is 0.273. The molecular weight excluding hydrogens is 369 g/mol. The van der Waals surface area contributed by atoms with Crippen LogP contribution in [0.15, 0.2) is 36.4 Å². The number of nitrogens with zero attached hydrogens (tertiary/aromatic N) is 2. The number of benzene rings is 2. The van der Waals surface area contributed by atoms with E-state index in [2.05, 4.69) is 4.90 Å². The third-order valence-electron chi connectivity index (χ3n) is 5.37. The Hall–Kier alpha value is -3.03. The minimum absolute atomic E-state index is 0.291. The Morgan fingerprint density at radius 3 is 2.52 bits per heavy atom. The normalized spacial score (nSPS) is 14.9. The summed E-state index contributed by atoms with van der Waals surface area (Å²) in [6, 6.07) is 10.0. The first-order valence-electron chi connectivity index (χ1n) is 9.65. The Morgan fingerprint density at radius 2 is 1.83 bits per heavy atom. The maximum absolute atomic E-state index is 13.5. The second-order valence-corrected chi connectivity index (χ2v) is 7.20. The molecule has 4 rings (SSSR count). The van der Waals surface area contributed by atoms with Crippen LogP contribution in [-0.4, -0.2) is 48.9 Å². The van der Waals surface area contributed by atoms with E-state index >= 15 is 0 Å². The van der Waals surface area contributed by atoms with Crippen LogP contribution in [0.4, 0.5) is 15.9 Å². The number of pyridine rings is 1. The summed E-state index contributed by atoms with van der Waals surface area (Å²) in [6.45, 7) is 4.09. The molecule has 0 radical (unpaired) electrons. The van der Waals surface area contributed by atoms with Gasteiger partial charge in [-0.3, -0.25) is 4.90 Å². The predicted octanol–water partition coefficient (Wildman–Crippen LogP) is 3.08. The van der Waals surface area contributed by atoms with Crippen molar-refractivity contribution in [1.29, 1.82) is 5.41 Å². The third kappa shape index (κ3) is 3.92. The van der Waals surface area contributed by atoms with E-state index in [0.29, 0.717) is 23.5 Å². The molecule has 1 aliphatic rings. The number of nitrogens with two attached hydrogens (primary N) is 2. The van der Waals surface area contributed by atoms with Gasteiger partial charge in [0, 0.05) is 54.5 Å². The highest BCUT2D eigenvalue weighted by Gasteiger charge is 2.18. The summed E-state index contributed by atoms with van der Waals surface area (Å²) in [4.78, 5) is 7.03. The Labute approximate surface area is 168 Å². The number of fused-ring (bicyclic) bond motifs is 1. The summed E-state index contributed by atoms with van der Waals surface area (Å²) in [5.74, 6) is 0.117. The molecule has 1 fully saturated rings. The van der Waals surface area contributed by atoms with E-state index in [4.69, 9.17) is 26.6 Å². The number of nitrogen functional groups attached to an aromatic ring is 2. The number of rotatable bonds is 5. The van der Waals surface area contributed by atoms with Crippen LogP contribution in [0, 0.1) is 11.2 Å². The molecule has 1 aliphatic heterocycles. The van der Waals surface area contributed by atoms with Gasteiger partial charge < -0.3 is 21.6 Å². The Kier molecular flexibility index (Phi) is 5.42. The van der Waals surface area contributed by atoms with Crippen LogP contribution in [-0.2, 0) is 11.2 Å². The van der Waals surface area contributed by atoms with Gasteiger partial charge in [-0.05, 0) is 35.2 Å². The first-order valence-corrected chi connectivity index (χ1v) is 9.65. The van der Waals surface area contributed by atoms with Crippen LogP contribution in [0.5, 0.6) is 0 Å². The standard InChI is InChI=1S/C22H24FN5O/c23-16-3-1-14(2-4-16)21-17-11-15(13-24)19(25)12-18(17)22(26)27-20(21)5-6-28-7-9-29-10-8-28/h1-4,11-13,24H,5-10,25H2,(H2,26,27). The maximum Gasteiger partial charge on any atom is 0.131 e. The lowest BCUT2D eigenvalue weighted by Gasteiger charge is -2.27. The van der Waals surface area contributed by atoms with E-state index in [1.807, 2.05) is 6.07 Å².